The highest BCUT2D eigenvalue weighted by molar-refractivity contribution is 9.10. The Labute approximate surface area is 121 Å². The number of ether oxygens (including phenoxy) is 2. The Bertz CT molecular complexity index is 492. The minimum absolute atomic E-state index is 0.506. The van der Waals surface area contributed by atoms with Crippen LogP contribution < -0.4 is 4.74 Å². The standard InChI is InChI=1S/C14H16BrNO3/c1-18-10-2-3-12(15)11(8-10)13(17)14(9-16)4-6-19-7-5-14/h2-3,8,13,17H,4-7H2,1H3. The van der Waals surface area contributed by atoms with Crippen molar-refractivity contribution in [3.05, 3.63) is 28.2 Å². The van der Waals surface area contributed by atoms with Crippen molar-refractivity contribution in [2.75, 3.05) is 20.3 Å². The average molecular weight is 326 g/mol. The molecule has 0 saturated carbocycles. The van der Waals surface area contributed by atoms with Crippen LogP contribution in [0.5, 0.6) is 5.75 Å². The lowest BCUT2D eigenvalue weighted by molar-refractivity contribution is -0.0313. The van der Waals surface area contributed by atoms with Crippen molar-refractivity contribution in [1.82, 2.24) is 0 Å². The van der Waals surface area contributed by atoms with E-state index in [1.165, 1.54) is 0 Å². The molecule has 5 heteroatoms. The first-order valence-corrected chi connectivity index (χ1v) is 6.93. The molecular formula is C14H16BrNO3. The highest BCUT2D eigenvalue weighted by Gasteiger charge is 2.41. The van der Waals surface area contributed by atoms with Crippen LogP contribution in [0.25, 0.3) is 0 Å². The van der Waals surface area contributed by atoms with Gasteiger partial charge >= 0.3 is 0 Å². The van der Waals surface area contributed by atoms with E-state index in [1.54, 1.807) is 13.2 Å². The van der Waals surface area contributed by atoms with E-state index >= 15 is 0 Å². The summed E-state index contributed by atoms with van der Waals surface area (Å²) >= 11 is 3.42. The highest BCUT2D eigenvalue weighted by atomic mass is 79.9. The van der Waals surface area contributed by atoms with Crippen LogP contribution in [0, 0.1) is 16.7 Å². The molecule has 0 amide bonds. The smallest absolute Gasteiger partial charge is 0.119 e. The molecule has 1 aliphatic heterocycles. The molecule has 1 heterocycles. The van der Waals surface area contributed by atoms with Crippen LogP contribution in [0.4, 0.5) is 0 Å². The van der Waals surface area contributed by atoms with E-state index in [4.69, 9.17) is 9.47 Å². The maximum Gasteiger partial charge on any atom is 0.119 e. The van der Waals surface area contributed by atoms with E-state index < -0.39 is 11.5 Å². The fraction of sp³-hybridized carbons (Fsp3) is 0.500. The van der Waals surface area contributed by atoms with E-state index in [1.807, 2.05) is 12.1 Å². The lowest BCUT2D eigenvalue weighted by Crippen LogP contribution is -2.34. The number of aliphatic hydroxyl groups is 1. The van der Waals surface area contributed by atoms with E-state index in [0.717, 1.165) is 4.47 Å². The number of hydrogen-bond acceptors (Lipinski definition) is 4. The summed E-state index contributed by atoms with van der Waals surface area (Å²) in [7, 11) is 1.58. The predicted molar refractivity (Wildman–Crippen MR) is 73.8 cm³/mol. The molecule has 4 nitrogen and oxygen atoms in total. The molecule has 102 valence electrons. The second kappa shape index (κ2) is 5.91. The van der Waals surface area contributed by atoms with Crippen LogP contribution in [0.1, 0.15) is 24.5 Å². The zero-order chi connectivity index (χ0) is 13.9. The number of hydrogen-bond donors (Lipinski definition) is 1. The molecule has 1 aliphatic rings. The Morgan fingerprint density at radius 1 is 1.47 bits per heavy atom. The molecule has 1 N–H and O–H groups in total. The molecule has 1 aromatic rings. The van der Waals surface area contributed by atoms with Gasteiger partial charge in [0.15, 0.2) is 0 Å². The molecule has 0 spiro atoms. The van der Waals surface area contributed by atoms with E-state index in [-0.39, 0.29) is 0 Å². The Morgan fingerprint density at radius 2 is 2.16 bits per heavy atom. The van der Waals surface area contributed by atoms with Gasteiger partial charge in [0.2, 0.25) is 0 Å². The molecule has 1 unspecified atom stereocenters. The molecule has 1 aromatic carbocycles. The van der Waals surface area contributed by atoms with Gasteiger partial charge in [-0.2, -0.15) is 5.26 Å². The summed E-state index contributed by atoms with van der Waals surface area (Å²) in [6.07, 6.45) is 0.216. The van der Waals surface area contributed by atoms with Gasteiger partial charge < -0.3 is 14.6 Å². The number of benzene rings is 1. The van der Waals surface area contributed by atoms with Gasteiger partial charge in [-0.1, -0.05) is 15.9 Å². The molecule has 2 rings (SSSR count). The van der Waals surface area contributed by atoms with Gasteiger partial charge in [-0.3, -0.25) is 0 Å². The van der Waals surface area contributed by atoms with Gasteiger partial charge in [0, 0.05) is 17.7 Å². The number of halogens is 1. The summed E-state index contributed by atoms with van der Waals surface area (Å²) in [5.74, 6) is 0.664. The van der Waals surface area contributed by atoms with Gasteiger partial charge in [-0.15, -0.1) is 0 Å². The maximum atomic E-state index is 10.6. The Morgan fingerprint density at radius 3 is 2.74 bits per heavy atom. The summed E-state index contributed by atoms with van der Waals surface area (Å²) < 4.78 is 11.2. The minimum Gasteiger partial charge on any atom is -0.497 e. The first-order chi connectivity index (χ1) is 9.13. The van der Waals surface area contributed by atoms with E-state index in [2.05, 4.69) is 22.0 Å². The summed E-state index contributed by atoms with van der Waals surface area (Å²) in [5, 5.41) is 20.1. The zero-order valence-electron chi connectivity index (χ0n) is 10.7. The monoisotopic (exact) mass is 325 g/mol. The number of nitrogens with zero attached hydrogens (tertiary/aromatic N) is 1. The number of aliphatic hydroxyl groups excluding tert-OH is 1. The van der Waals surface area contributed by atoms with Crippen molar-refractivity contribution in [3.63, 3.8) is 0 Å². The third-order valence-corrected chi connectivity index (χ3v) is 4.35. The topological polar surface area (TPSA) is 62.5 Å². The SMILES string of the molecule is COc1ccc(Br)c(C(O)C2(C#N)CCOCC2)c1. The third-order valence-electron chi connectivity index (χ3n) is 3.63. The maximum absolute atomic E-state index is 10.6. The molecule has 0 radical (unpaired) electrons. The summed E-state index contributed by atoms with van der Waals surface area (Å²) in [4.78, 5) is 0. The molecule has 19 heavy (non-hydrogen) atoms. The highest BCUT2D eigenvalue weighted by Crippen LogP contribution is 2.44. The van der Waals surface area contributed by atoms with Crippen LogP contribution in [-0.2, 0) is 4.74 Å². The fourth-order valence-corrected chi connectivity index (χ4v) is 2.80. The van der Waals surface area contributed by atoms with Crippen LogP contribution in [0.3, 0.4) is 0 Å². The second-order valence-electron chi connectivity index (χ2n) is 4.67. The largest absolute Gasteiger partial charge is 0.497 e. The minimum atomic E-state index is -0.856. The zero-order valence-corrected chi connectivity index (χ0v) is 12.3. The van der Waals surface area contributed by atoms with E-state index in [9.17, 15) is 10.4 Å². The van der Waals surface area contributed by atoms with Crippen LogP contribution >= 0.6 is 15.9 Å². The van der Waals surface area contributed by atoms with Crippen molar-refractivity contribution < 1.29 is 14.6 Å². The lowest BCUT2D eigenvalue weighted by atomic mass is 9.74. The molecule has 0 aromatic heterocycles. The fourth-order valence-electron chi connectivity index (χ4n) is 2.34. The van der Waals surface area contributed by atoms with Gasteiger partial charge in [-0.05, 0) is 36.6 Å². The average Bonchev–Trinajstić information content (AvgIpc) is 2.47. The molecule has 0 aliphatic carbocycles. The van der Waals surface area contributed by atoms with E-state index in [0.29, 0.717) is 37.4 Å². The molecule has 1 atom stereocenters. The van der Waals surface area contributed by atoms with Crippen LogP contribution in [0.2, 0.25) is 0 Å². The second-order valence-corrected chi connectivity index (χ2v) is 5.52. The van der Waals surface area contributed by atoms with Crippen molar-refractivity contribution in [2.45, 2.75) is 18.9 Å². The van der Waals surface area contributed by atoms with Crippen molar-refractivity contribution in [3.8, 4) is 11.8 Å². The van der Waals surface area contributed by atoms with Gasteiger partial charge in [0.05, 0.1) is 24.7 Å². The Hall–Kier alpha value is -1.09. The van der Waals surface area contributed by atoms with Crippen molar-refractivity contribution in [2.24, 2.45) is 5.41 Å². The van der Waals surface area contributed by atoms with Gasteiger partial charge in [-0.25, -0.2) is 0 Å². The Kier molecular flexibility index (Phi) is 4.46. The van der Waals surface area contributed by atoms with Gasteiger partial charge in [0.25, 0.3) is 0 Å². The summed E-state index contributed by atoms with van der Waals surface area (Å²) in [5.41, 5.74) is -0.101. The Balaban J connectivity index is 2.37. The van der Waals surface area contributed by atoms with Gasteiger partial charge in [0.1, 0.15) is 5.75 Å². The predicted octanol–water partition coefficient (Wildman–Crippen LogP) is 2.81. The van der Waals surface area contributed by atoms with Crippen LogP contribution in [0.15, 0.2) is 22.7 Å². The van der Waals surface area contributed by atoms with Crippen molar-refractivity contribution in [1.29, 1.82) is 5.26 Å². The quantitative estimate of drug-likeness (QED) is 0.928. The number of rotatable bonds is 3. The third kappa shape index (κ3) is 2.76. The summed E-state index contributed by atoms with van der Waals surface area (Å²) in [6, 6.07) is 7.69. The summed E-state index contributed by atoms with van der Waals surface area (Å²) in [6.45, 7) is 1.01. The van der Waals surface area contributed by atoms with Crippen molar-refractivity contribution >= 4 is 15.9 Å². The lowest BCUT2D eigenvalue weighted by Gasteiger charge is -2.35. The number of nitriles is 1. The first kappa shape index (κ1) is 14.3. The molecule has 1 saturated heterocycles. The first-order valence-electron chi connectivity index (χ1n) is 6.13. The normalized spacial score (nSPS) is 19.5. The van der Waals surface area contributed by atoms with Crippen LogP contribution in [-0.4, -0.2) is 25.4 Å². The molecular weight excluding hydrogens is 310 g/mol. The molecule has 0 bridgehead atoms. The number of methoxy groups -OCH3 is 1. The molecule has 1 fully saturated rings.